The standard InChI is InChI=1S/C31H41N3O3S/c1-32-26-6-2-3-7-27(26)34(38(36,37)29-9-5-4-8-28(29)32)20-22-10-12-33(13-11-22)21-30(35)31-17-23-14-24(18-31)16-25(15-23)19-31/h2-9,22-25,30,35H,10-21H2,1H3/t23?,24?,25?,30-,31?/m0/s1. The summed E-state index contributed by atoms with van der Waals surface area (Å²) in [6, 6.07) is 15.2. The molecule has 0 aromatic heterocycles. The smallest absolute Gasteiger partial charge is 0.266 e. The molecule has 2 aliphatic heterocycles. The van der Waals surface area contributed by atoms with Crippen LogP contribution in [0.3, 0.4) is 0 Å². The van der Waals surface area contributed by atoms with Gasteiger partial charge in [0, 0.05) is 20.1 Å². The monoisotopic (exact) mass is 535 g/mol. The summed E-state index contributed by atoms with van der Waals surface area (Å²) in [5.41, 5.74) is 2.55. The molecule has 38 heavy (non-hydrogen) atoms. The van der Waals surface area contributed by atoms with Gasteiger partial charge in [0.15, 0.2) is 0 Å². The van der Waals surface area contributed by atoms with Crippen LogP contribution in [0.2, 0.25) is 0 Å². The number of β-amino-alcohol motifs (C(OH)–C–C–N with tert-alkyl or cyclic N) is 1. The van der Waals surface area contributed by atoms with Gasteiger partial charge in [-0.3, -0.25) is 4.31 Å². The minimum Gasteiger partial charge on any atom is -0.391 e. The van der Waals surface area contributed by atoms with Crippen LogP contribution in [0.15, 0.2) is 53.4 Å². The molecule has 0 spiro atoms. The molecule has 7 heteroatoms. The Kier molecular flexibility index (Phi) is 6.06. The molecule has 8 rings (SSSR count). The van der Waals surface area contributed by atoms with Gasteiger partial charge in [0.25, 0.3) is 10.0 Å². The number of fused-ring (bicyclic) bond motifs is 2. The van der Waals surface area contributed by atoms with Crippen LogP contribution >= 0.6 is 0 Å². The Morgan fingerprint density at radius 2 is 1.42 bits per heavy atom. The first-order valence-electron chi connectivity index (χ1n) is 14.7. The number of likely N-dealkylation sites (tertiary alicyclic amines) is 1. The number of para-hydroxylation sites is 3. The first kappa shape index (κ1) is 24.9. The van der Waals surface area contributed by atoms with Crippen molar-refractivity contribution in [1.82, 2.24) is 4.90 Å². The van der Waals surface area contributed by atoms with Crippen molar-refractivity contribution in [3.63, 3.8) is 0 Å². The highest BCUT2D eigenvalue weighted by Crippen LogP contribution is 2.61. The minimum atomic E-state index is -3.69. The van der Waals surface area contributed by atoms with E-state index in [1.807, 2.05) is 54.4 Å². The Labute approximate surface area is 227 Å². The maximum atomic E-state index is 14.0. The molecule has 1 saturated heterocycles. The van der Waals surface area contributed by atoms with E-state index < -0.39 is 10.0 Å². The number of aliphatic hydroxyl groups excluding tert-OH is 1. The summed E-state index contributed by atoms with van der Waals surface area (Å²) in [5, 5.41) is 11.5. The molecule has 4 bridgehead atoms. The highest BCUT2D eigenvalue weighted by atomic mass is 32.2. The summed E-state index contributed by atoms with van der Waals surface area (Å²) >= 11 is 0. The predicted octanol–water partition coefficient (Wildman–Crippen LogP) is 5.25. The quantitative estimate of drug-likeness (QED) is 0.566. The first-order chi connectivity index (χ1) is 18.3. The van der Waals surface area contributed by atoms with Crippen molar-refractivity contribution < 1.29 is 13.5 Å². The van der Waals surface area contributed by atoms with Crippen molar-refractivity contribution in [3.8, 4) is 0 Å². The number of hydrogen-bond donors (Lipinski definition) is 1. The highest BCUT2D eigenvalue weighted by Gasteiger charge is 2.54. The van der Waals surface area contributed by atoms with Crippen LogP contribution in [-0.2, 0) is 10.0 Å². The van der Waals surface area contributed by atoms with Gasteiger partial charge in [-0.05, 0) is 118 Å². The molecular formula is C31H41N3O3S. The van der Waals surface area contributed by atoms with E-state index >= 15 is 0 Å². The second-order valence-electron chi connectivity index (χ2n) is 13.1. The van der Waals surface area contributed by atoms with Gasteiger partial charge in [0.2, 0.25) is 0 Å². The third-order valence-corrected chi connectivity index (χ3v) is 12.5. The molecular weight excluding hydrogens is 494 g/mol. The molecule has 4 saturated carbocycles. The van der Waals surface area contributed by atoms with Crippen molar-refractivity contribution in [2.45, 2.75) is 62.4 Å². The Morgan fingerprint density at radius 3 is 2.05 bits per heavy atom. The summed E-state index contributed by atoms with van der Waals surface area (Å²) in [6.07, 6.45) is 9.60. The van der Waals surface area contributed by atoms with Gasteiger partial charge in [-0.25, -0.2) is 8.42 Å². The van der Waals surface area contributed by atoms with Gasteiger partial charge in [0.1, 0.15) is 4.90 Å². The van der Waals surface area contributed by atoms with Gasteiger partial charge in [-0.15, -0.1) is 0 Å². The number of benzene rings is 2. The Bertz CT molecular complexity index is 1270. The topological polar surface area (TPSA) is 64.1 Å². The van der Waals surface area contributed by atoms with E-state index in [2.05, 4.69) is 4.90 Å². The number of sulfonamides is 1. The maximum Gasteiger partial charge on any atom is 0.266 e. The normalized spacial score (nSPS) is 33.1. The van der Waals surface area contributed by atoms with Crippen LogP contribution in [0, 0.1) is 29.1 Å². The van der Waals surface area contributed by atoms with Gasteiger partial charge in [-0.1, -0.05) is 24.3 Å². The van der Waals surface area contributed by atoms with Crippen molar-refractivity contribution in [2.75, 3.05) is 42.4 Å². The zero-order valence-electron chi connectivity index (χ0n) is 22.5. The van der Waals surface area contributed by atoms with E-state index in [9.17, 15) is 13.5 Å². The SMILES string of the molecule is CN1c2ccccc2N(CC2CCN(C[C@H](O)C34CC5CC(CC(C5)C3)C4)CC2)S(=O)(=O)c2ccccc21. The molecule has 4 aliphatic carbocycles. The van der Waals surface area contributed by atoms with Crippen LogP contribution in [0.4, 0.5) is 17.1 Å². The molecule has 204 valence electrons. The molecule has 1 atom stereocenters. The molecule has 6 nitrogen and oxygen atoms in total. The van der Waals surface area contributed by atoms with Gasteiger partial charge in [-0.2, -0.15) is 0 Å². The number of rotatable bonds is 5. The van der Waals surface area contributed by atoms with E-state index in [1.165, 1.54) is 38.5 Å². The lowest BCUT2D eigenvalue weighted by atomic mass is 9.48. The van der Waals surface area contributed by atoms with Crippen molar-refractivity contribution in [2.24, 2.45) is 29.1 Å². The summed E-state index contributed by atoms with van der Waals surface area (Å²) < 4.78 is 29.6. The summed E-state index contributed by atoms with van der Waals surface area (Å²) in [6.45, 7) is 3.13. The van der Waals surface area contributed by atoms with Crippen LogP contribution in [-0.4, -0.2) is 57.8 Å². The van der Waals surface area contributed by atoms with Gasteiger partial charge in [0.05, 0.1) is 23.2 Å². The lowest BCUT2D eigenvalue weighted by Crippen LogP contribution is -2.55. The maximum absolute atomic E-state index is 14.0. The molecule has 2 heterocycles. The van der Waals surface area contributed by atoms with E-state index in [-0.39, 0.29) is 11.5 Å². The zero-order valence-corrected chi connectivity index (χ0v) is 23.3. The van der Waals surface area contributed by atoms with E-state index in [4.69, 9.17) is 0 Å². The number of piperidine rings is 1. The third-order valence-electron chi connectivity index (χ3n) is 10.7. The summed E-state index contributed by atoms with van der Waals surface area (Å²) in [4.78, 5) is 4.82. The van der Waals surface area contributed by atoms with Crippen molar-refractivity contribution in [1.29, 1.82) is 0 Å². The number of nitrogens with zero attached hydrogens (tertiary/aromatic N) is 3. The molecule has 2 aromatic rings. The molecule has 6 aliphatic rings. The van der Waals surface area contributed by atoms with E-state index in [0.29, 0.717) is 17.4 Å². The van der Waals surface area contributed by atoms with E-state index in [0.717, 1.165) is 67.3 Å². The van der Waals surface area contributed by atoms with Crippen molar-refractivity contribution in [3.05, 3.63) is 48.5 Å². The molecule has 0 unspecified atom stereocenters. The lowest BCUT2D eigenvalue weighted by Gasteiger charge is -2.59. The Balaban J connectivity index is 1.05. The third kappa shape index (κ3) is 4.08. The molecule has 0 amide bonds. The second-order valence-corrected chi connectivity index (χ2v) is 14.9. The van der Waals surface area contributed by atoms with Crippen LogP contribution in [0.5, 0.6) is 0 Å². The number of aliphatic hydroxyl groups is 1. The van der Waals surface area contributed by atoms with E-state index in [1.54, 1.807) is 10.4 Å². The largest absolute Gasteiger partial charge is 0.391 e. The van der Waals surface area contributed by atoms with Gasteiger partial charge >= 0.3 is 0 Å². The van der Waals surface area contributed by atoms with Crippen molar-refractivity contribution >= 4 is 27.1 Å². The fourth-order valence-corrected chi connectivity index (χ4v) is 10.9. The average Bonchev–Trinajstić information content (AvgIpc) is 2.97. The lowest BCUT2D eigenvalue weighted by molar-refractivity contribution is -0.127. The summed E-state index contributed by atoms with van der Waals surface area (Å²) in [5.74, 6) is 2.85. The summed E-state index contributed by atoms with van der Waals surface area (Å²) in [7, 11) is -1.74. The zero-order chi connectivity index (χ0) is 26.1. The molecule has 2 aromatic carbocycles. The second kappa shape index (κ2) is 9.24. The first-order valence-corrected chi connectivity index (χ1v) is 16.1. The Hall–Kier alpha value is -2.09. The fourth-order valence-electron chi connectivity index (χ4n) is 9.10. The number of anilines is 3. The molecule has 5 fully saturated rings. The van der Waals surface area contributed by atoms with Crippen LogP contribution in [0.25, 0.3) is 0 Å². The predicted molar refractivity (Wildman–Crippen MR) is 151 cm³/mol. The average molecular weight is 536 g/mol. The number of hydrogen-bond acceptors (Lipinski definition) is 5. The molecule has 0 radical (unpaired) electrons. The Morgan fingerprint density at radius 1 is 0.868 bits per heavy atom. The molecule has 1 N–H and O–H groups in total. The van der Waals surface area contributed by atoms with Crippen LogP contribution in [0.1, 0.15) is 51.4 Å². The minimum absolute atomic E-state index is 0.162. The van der Waals surface area contributed by atoms with Gasteiger partial charge < -0.3 is 14.9 Å². The van der Waals surface area contributed by atoms with Crippen LogP contribution < -0.4 is 9.21 Å². The highest BCUT2D eigenvalue weighted by molar-refractivity contribution is 7.93. The fraction of sp³-hybridized carbons (Fsp3) is 0.613.